The number of nitrogens with zero attached hydrogens (tertiary/aromatic N) is 5. The molecule has 0 bridgehead atoms. The normalized spacial score (nSPS) is 16.8. The lowest BCUT2D eigenvalue weighted by Crippen LogP contribution is -2.49. The fourth-order valence-corrected chi connectivity index (χ4v) is 5.79. The molecule has 1 saturated heterocycles. The van der Waals surface area contributed by atoms with Gasteiger partial charge in [-0.25, -0.2) is 0 Å². The molecule has 5 rings (SSSR count). The van der Waals surface area contributed by atoms with Gasteiger partial charge in [0.15, 0.2) is 5.13 Å². The summed E-state index contributed by atoms with van der Waals surface area (Å²) in [4.78, 5) is 7.54. The molecular formula is C25H20ClF6N5OS. The number of halogens is 7. The van der Waals surface area contributed by atoms with Crippen molar-refractivity contribution in [3.05, 3.63) is 73.6 Å². The van der Waals surface area contributed by atoms with Gasteiger partial charge in [-0.15, -0.1) is 0 Å². The summed E-state index contributed by atoms with van der Waals surface area (Å²) in [5, 5.41) is 20.1. The second-order valence-electron chi connectivity index (χ2n) is 9.10. The van der Waals surface area contributed by atoms with Gasteiger partial charge in [-0.2, -0.15) is 41.5 Å². The quantitative estimate of drug-likeness (QED) is 0.443. The van der Waals surface area contributed by atoms with Gasteiger partial charge in [0.05, 0.1) is 28.6 Å². The van der Waals surface area contributed by atoms with Gasteiger partial charge in [0.1, 0.15) is 0 Å². The van der Waals surface area contributed by atoms with E-state index in [2.05, 4.69) is 15.2 Å². The minimum Gasteiger partial charge on any atom is -0.492 e. The average molecular weight is 588 g/mol. The molecule has 14 heteroatoms. The molecule has 2 aliphatic rings. The Bertz CT molecular complexity index is 1540. The Morgan fingerprint density at radius 1 is 1.00 bits per heavy atom. The third-order valence-corrected chi connectivity index (χ3v) is 7.80. The first kappa shape index (κ1) is 27.4. The van der Waals surface area contributed by atoms with Crippen LogP contribution in [0.3, 0.4) is 0 Å². The van der Waals surface area contributed by atoms with E-state index >= 15 is 0 Å². The van der Waals surface area contributed by atoms with Crippen LogP contribution >= 0.6 is 22.9 Å². The molecule has 1 N–H and O–H groups in total. The van der Waals surface area contributed by atoms with Crippen LogP contribution in [-0.2, 0) is 12.6 Å². The number of alkyl halides is 6. The van der Waals surface area contributed by atoms with Crippen LogP contribution in [0.2, 0.25) is 5.02 Å². The number of hydrogen-bond acceptors (Lipinski definition) is 7. The Hall–Kier alpha value is -3.16. The number of fused-ring (bicyclic) bond motifs is 1. The number of hydrogen-bond donors (Lipinski definition) is 1. The molecule has 2 aromatic carbocycles. The molecule has 0 saturated carbocycles. The fourth-order valence-electron chi connectivity index (χ4n) is 4.54. The van der Waals surface area contributed by atoms with Gasteiger partial charge in [0.25, 0.3) is 0 Å². The maximum absolute atomic E-state index is 13.9. The Morgan fingerprint density at radius 3 is 2.44 bits per heavy atom. The molecule has 0 aliphatic carbocycles. The maximum Gasteiger partial charge on any atom is 0.416 e. The molecule has 3 aromatic rings. The molecule has 6 nitrogen and oxygen atoms in total. The highest BCUT2D eigenvalue weighted by molar-refractivity contribution is 7.17. The third kappa shape index (κ3) is 6.20. The molecule has 0 amide bonds. The summed E-state index contributed by atoms with van der Waals surface area (Å²) >= 11 is 6.94. The van der Waals surface area contributed by atoms with E-state index in [4.69, 9.17) is 11.6 Å². The van der Waals surface area contributed by atoms with E-state index in [0.29, 0.717) is 26.8 Å². The zero-order valence-electron chi connectivity index (χ0n) is 20.0. The molecule has 0 atom stereocenters. The van der Waals surface area contributed by atoms with Crippen molar-refractivity contribution < 1.29 is 31.4 Å². The summed E-state index contributed by atoms with van der Waals surface area (Å²) in [5.74, 6) is -0.371. The maximum atomic E-state index is 13.9. The van der Waals surface area contributed by atoms with E-state index in [-0.39, 0.29) is 53.9 Å². The molecule has 0 unspecified atom stereocenters. The molecule has 2 aliphatic heterocycles. The van der Waals surface area contributed by atoms with Crippen molar-refractivity contribution in [2.24, 2.45) is 10.2 Å². The minimum absolute atomic E-state index is 0.0455. The van der Waals surface area contributed by atoms with Crippen molar-refractivity contribution in [1.29, 1.82) is 0 Å². The van der Waals surface area contributed by atoms with E-state index in [1.807, 2.05) is 0 Å². The van der Waals surface area contributed by atoms with E-state index in [1.165, 1.54) is 23.2 Å². The van der Waals surface area contributed by atoms with Crippen LogP contribution in [-0.4, -0.2) is 60.1 Å². The lowest BCUT2D eigenvalue weighted by atomic mass is 9.96. The first-order chi connectivity index (χ1) is 18.4. The van der Waals surface area contributed by atoms with Gasteiger partial charge in [0, 0.05) is 43.2 Å². The summed E-state index contributed by atoms with van der Waals surface area (Å²) in [7, 11) is 0. The summed E-state index contributed by atoms with van der Waals surface area (Å²) in [6.45, 7) is -0.198. The van der Waals surface area contributed by atoms with E-state index in [1.54, 1.807) is 23.1 Å². The fraction of sp³-hybridized carbons (Fsp3) is 0.320. The lowest BCUT2D eigenvalue weighted by Gasteiger charge is -2.34. The Morgan fingerprint density at radius 2 is 1.74 bits per heavy atom. The van der Waals surface area contributed by atoms with Crippen LogP contribution in [0.4, 0.5) is 31.5 Å². The predicted octanol–water partition coefficient (Wildman–Crippen LogP) is 4.61. The van der Waals surface area contributed by atoms with Crippen molar-refractivity contribution in [1.82, 2.24) is 9.88 Å². The van der Waals surface area contributed by atoms with Gasteiger partial charge in [-0.1, -0.05) is 35.1 Å². The summed E-state index contributed by atoms with van der Waals surface area (Å²) in [6, 6.07) is 8.63. The van der Waals surface area contributed by atoms with Crippen LogP contribution in [0.25, 0.3) is 5.57 Å². The van der Waals surface area contributed by atoms with Crippen molar-refractivity contribution in [2.75, 3.05) is 37.6 Å². The van der Waals surface area contributed by atoms with E-state index < -0.39 is 24.5 Å². The summed E-state index contributed by atoms with van der Waals surface area (Å²) in [6.07, 6.45) is -7.64. The topological polar surface area (TPSA) is 64.3 Å². The van der Waals surface area contributed by atoms with Crippen molar-refractivity contribution in [3.8, 4) is 5.88 Å². The Labute approximate surface area is 227 Å². The lowest BCUT2D eigenvalue weighted by molar-refractivity contribution is -0.146. The third-order valence-electron chi connectivity index (χ3n) is 6.40. The zero-order valence-corrected chi connectivity index (χ0v) is 21.6. The number of anilines is 1. The molecule has 1 fully saturated rings. The van der Waals surface area contributed by atoms with Crippen molar-refractivity contribution in [3.63, 3.8) is 0 Å². The van der Waals surface area contributed by atoms with Crippen LogP contribution in [0.1, 0.15) is 21.6 Å². The first-order valence-electron chi connectivity index (χ1n) is 11.7. The number of aromatic hydroxyl groups is 1. The molecular weight excluding hydrogens is 568 g/mol. The van der Waals surface area contributed by atoms with Crippen molar-refractivity contribution >= 4 is 39.9 Å². The molecule has 1 aromatic heterocycles. The van der Waals surface area contributed by atoms with Gasteiger partial charge in [-0.3, -0.25) is 4.90 Å². The van der Waals surface area contributed by atoms with Crippen LogP contribution in [0.15, 0.2) is 46.6 Å². The summed E-state index contributed by atoms with van der Waals surface area (Å²) < 4.78 is 79.9. The molecule has 3 heterocycles. The van der Waals surface area contributed by atoms with Gasteiger partial charge >= 0.3 is 12.4 Å². The standard InChI is InChI=1S/C25H20ClF6N5OS/c26-17-3-1-15(19(11-17)25(30,31)32)10-18(14-2-4-20-16(9-14)12-33-35-20)21-22(38)34-23(39-21)37-7-5-36(6-8-37)13-24(27,28)29/h1-4,9,11-12,38H,5-8,10,13H2. The summed E-state index contributed by atoms with van der Waals surface area (Å²) in [5.41, 5.74) is 0.121. The number of aromatic nitrogens is 1. The monoisotopic (exact) mass is 587 g/mol. The van der Waals surface area contributed by atoms with Gasteiger partial charge in [-0.05, 0) is 40.6 Å². The molecule has 206 valence electrons. The van der Waals surface area contributed by atoms with Crippen LogP contribution in [0.5, 0.6) is 5.88 Å². The van der Waals surface area contributed by atoms with Gasteiger partial charge < -0.3 is 10.0 Å². The average Bonchev–Trinajstić information content (AvgIpc) is 3.48. The predicted molar refractivity (Wildman–Crippen MR) is 136 cm³/mol. The largest absolute Gasteiger partial charge is 0.492 e. The number of benzene rings is 2. The van der Waals surface area contributed by atoms with E-state index in [9.17, 15) is 31.4 Å². The second kappa shape index (κ2) is 10.4. The second-order valence-corrected chi connectivity index (χ2v) is 10.5. The van der Waals surface area contributed by atoms with Gasteiger partial charge in [0.2, 0.25) is 5.88 Å². The molecule has 39 heavy (non-hydrogen) atoms. The van der Waals surface area contributed by atoms with Crippen LogP contribution < -0.4 is 15.5 Å². The smallest absolute Gasteiger partial charge is 0.416 e. The molecule has 0 spiro atoms. The number of piperazine rings is 1. The van der Waals surface area contributed by atoms with E-state index in [0.717, 1.165) is 17.4 Å². The highest BCUT2D eigenvalue weighted by Gasteiger charge is 2.35. The SMILES string of the molecule is Oc1nc(N2CCN(CC(F)(F)F)CC2)sc1C(Cc1ccc(Cl)cc1C(F)(F)F)=c1ccc2c(c1)C=NN=2. The first-order valence-corrected chi connectivity index (χ1v) is 12.9. The highest BCUT2D eigenvalue weighted by atomic mass is 35.5. The zero-order chi connectivity index (χ0) is 27.9. The number of thiazole rings is 1. The van der Waals surface area contributed by atoms with Crippen LogP contribution in [0, 0.1) is 0 Å². The number of rotatable bonds is 5. The minimum atomic E-state index is -4.66. The Kier molecular flexibility index (Phi) is 7.33. The highest BCUT2D eigenvalue weighted by Crippen LogP contribution is 2.40. The van der Waals surface area contributed by atoms with Crippen molar-refractivity contribution in [2.45, 2.75) is 18.8 Å². The Balaban J connectivity index is 1.54. The molecule has 0 radical (unpaired) electrons.